The maximum Gasteiger partial charge on any atom is 0.452 e. The number of nitrogens with zero attached hydrogens (tertiary/aromatic N) is 2. The fourth-order valence-electron chi connectivity index (χ4n) is 2.04. The molecular formula is C17H17F3N2O4. The van der Waals surface area contributed by atoms with Gasteiger partial charge in [0.05, 0.1) is 32.0 Å². The highest BCUT2D eigenvalue weighted by Crippen LogP contribution is 2.27. The van der Waals surface area contributed by atoms with Crippen LogP contribution in [0.3, 0.4) is 0 Å². The molecule has 6 nitrogen and oxygen atoms in total. The first-order valence-electron chi connectivity index (χ1n) is 7.60. The third-order valence-corrected chi connectivity index (χ3v) is 3.18. The number of hydrogen-bond acceptors (Lipinski definition) is 5. The summed E-state index contributed by atoms with van der Waals surface area (Å²) < 4.78 is 54.0. The van der Waals surface area contributed by atoms with E-state index < -0.39 is 17.9 Å². The van der Waals surface area contributed by atoms with Crippen molar-refractivity contribution in [2.45, 2.75) is 19.6 Å². The Morgan fingerprint density at radius 2 is 2.12 bits per heavy atom. The molecule has 9 heteroatoms. The molecule has 0 unspecified atom stereocenters. The van der Waals surface area contributed by atoms with Crippen molar-refractivity contribution >= 4 is 5.97 Å². The second kappa shape index (κ2) is 8.41. The number of rotatable bonds is 7. The van der Waals surface area contributed by atoms with Gasteiger partial charge in [-0.15, -0.1) is 0 Å². The van der Waals surface area contributed by atoms with Crippen molar-refractivity contribution in [2.24, 2.45) is 0 Å². The average molecular weight is 370 g/mol. The van der Waals surface area contributed by atoms with E-state index in [0.29, 0.717) is 18.4 Å². The first-order valence-corrected chi connectivity index (χ1v) is 7.60. The maximum atomic E-state index is 12.8. The van der Waals surface area contributed by atoms with Crippen LogP contribution in [0.5, 0.6) is 5.75 Å². The van der Waals surface area contributed by atoms with E-state index in [1.165, 1.54) is 37.2 Å². The summed E-state index contributed by atoms with van der Waals surface area (Å²) in [5, 5.41) is 4.04. The summed E-state index contributed by atoms with van der Waals surface area (Å²) in [6.45, 7) is 1.62. The third-order valence-electron chi connectivity index (χ3n) is 3.18. The van der Waals surface area contributed by atoms with Crippen molar-refractivity contribution in [3.63, 3.8) is 0 Å². The van der Waals surface area contributed by atoms with Gasteiger partial charge in [0.25, 0.3) is 0 Å². The summed E-state index contributed by atoms with van der Waals surface area (Å²) in [6.07, 6.45) is -1.22. The normalized spacial score (nSPS) is 12.0. The number of methoxy groups -OCH3 is 1. The van der Waals surface area contributed by atoms with Gasteiger partial charge in [0.15, 0.2) is 0 Å². The number of halogens is 3. The van der Waals surface area contributed by atoms with E-state index in [9.17, 15) is 18.0 Å². The predicted molar refractivity (Wildman–Crippen MR) is 85.5 cm³/mol. The van der Waals surface area contributed by atoms with Gasteiger partial charge in [0.1, 0.15) is 12.0 Å². The van der Waals surface area contributed by atoms with Crippen molar-refractivity contribution in [1.82, 2.24) is 9.78 Å². The zero-order valence-corrected chi connectivity index (χ0v) is 14.1. The average Bonchev–Trinajstić information content (AvgIpc) is 3.05. The number of aromatic nitrogens is 2. The minimum atomic E-state index is -4.63. The molecule has 0 amide bonds. The van der Waals surface area contributed by atoms with Crippen molar-refractivity contribution < 1.29 is 32.2 Å². The fourth-order valence-corrected chi connectivity index (χ4v) is 2.04. The van der Waals surface area contributed by atoms with E-state index in [1.54, 1.807) is 18.2 Å². The molecule has 0 saturated heterocycles. The van der Waals surface area contributed by atoms with Gasteiger partial charge in [-0.25, -0.2) is 4.79 Å². The standard InChI is InChI=1S/C17H17F3N2O4/c1-3-25-15(17(18,19)20)11-26-14-6-4-5-12(7-14)9-22-10-13(8-21-22)16(23)24-2/h4-8,10-11H,3,9H2,1-2H3/b15-11-. The fraction of sp³-hybridized carbons (Fsp3) is 0.294. The van der Waals surface area contributed by atoms with Crippen LogP contribution in [0.1, 0.15) is 22.8 Å². The van der Waals surface area contributed by atoms with Crippen molar-refractivity contribution in [3.8, 4) is 5.75 Å². The molecule has 0 aliphatic carbocycles. The number of benzene rings is 1. The number of alkyl halides is 3. The van der Waals surface area contributed by atoms with E-state index in [0.717, 1.165) is 5.56 Å². The van der Waals surface area contributed by atoms with Crippen LogP contribution in [-0.2, 0) is 16.0 Å². The Morgan fingerprint density at radius 1 is 1.35 bits per heavy atom. The number of ether oxygens (including phenoxy) is 3. The van der Waals surface area contributed by atoms with Crippen molar-refractivity contribution in [3.05, 3.63) is 59.8 Å². The molecule has 2 rings (SSSR count). The number of hydrogen-bond donors (Lipinski definition) is 0. The molecule has 0 aliphatic heterocycles. The van der Waals surface area contributed by atoms with E-state index in [2.05, 4.69) is 14.6 Å². The summed E-state index contributed by atoms with van der Waals surface area (Å²) in [7, 11) is 1.27. The SMILES string of the molecule is CCO/C(=C\Oc1cccc(Cn2cc(C(=O)OC)cn2)c1)C(F)(F)F. The van der Waals surface area contributed by atoms with Crippen LogP contribution in [-0.4, -0.2) is 35.6 Å². The molecule has 0 aliphatic rings. The molecule has 0 bridgehead atoms. The lowest BCUT2D eigenvalue weighted by Gasteiger charge is -2.12. The third kappa shape index (κ3) is 5.27. The minimum absolute atomic E-state index is 0.128. The zero-order valence-electron chi connectivity index (χ0n) is 14.1. The van der Waals surface area contributed by atoms with Crippen LogP contribution >= 0.6 is 0 Å². The lowest BCUT2D eigenvalue weighted by atomic mass is 10.2. The molecule has 1 aromatic heterocycles. The smallest absolute Gasteiger partial charge is 0.452 e. The van der Waals surface area contributed by atoms with Gasteiger partial charge in [-0.3, -0.25) is 4.68 Å². The molecule has 1 aromatic carbocycles. The monoisotopic (exact) mass is 370 g/mol. The summed E-state index contributed by atoms with van der Waals surface area (Å²) >= 11 is 0. The Labute approximate surface area is 147 Å². The number of allylic oxidation sites excluding steroid dienone is 1. The highest BCUT2D eigenvalue weighted by Gasteiger charge is 2.36. The van der Waals surface area contributed by atoms with Gasteiger partial charge >= 0.3 is 12.1 Å². The summed E-state index contributed by atoms with van der Waals surface area (Å²) in [6, 6.07) is 6.47. The molecule has 26 heavy (non-hydrogen) atoms. The number of carbonyl (C=O) groups is 1. The zero-order chi connectivity index (χ0) is 19.2. The lowest BCUT2D eigenvalue weighted by Crippen LogP contribution is -2.15. The van der Waals surface area contributed by atoms with Gasteiger partial charge in [-0.1, -0.05) is 12.1 Å². The van der Waals surface area contributed by atoms with Crippen molar-refractivity contribution in [2.75, 3.05) is 13.7 Å². The van der Waals surface area contributed by atoms with E-state index in [1.807, 2.05) is 0 Å². The van der Waals surface area contributed by atoms with Gasteiger partial charge in [-0.2, -0.15) is 18.3 Å². The Hall–Kier alpha value is -2.97. The first kappa shape index (κ1) is 19.4. The molecule has 0 atom stereocenters. The predicted octanol–water partition coefficient (Wildman–Crippen LogP) is 3.54. The highest BCUT2D eigenvalue weighted by atomic mass is 19.4. The summed E-state index contributed by atoms with van der Waals surface area (Å²) in [5.41, 5.74) is 1.02. The molecular weight excluding hydrogens is 353 g/mol. The second-order valence-corrected chi connectivity index (χ2v) is 5.10. The molecule has 0 saturated carbocycles. The van der Waals surface area contributed by atoms with Crippen LogP contribution in [0, 0.1) is 0 Å². The molecule has 0 N–H and O–H groups in total. The minimum Gasteiger partial charge on any atom is -0.487 e. The number of esters is 1. The lowest BCUT2D eigenvalue weighted by molar-refractivity contribution is -0.132. The molecule has 1 heterocycles. The molecule has 140 valence electrons. The molecule has 0 radical (unpaired) electrons. The highest BCUT2D eigenvalue weighted by molar-refractivity contribution is 5.88. The molecule has 2 aromatic rings. The van der Waals surface area contributed by atoms with Crippen molar-refractivity contribution in [1.29, 1.82) is 0 Å². The topological polar surface area (TPSA) is 62.6 Å². The van der Waals surface area contributed by atoms with Gasteiger partial charge in [0.2, 0.25) is 5.76 Å². The van der Waals surface area contributed by atoms with Crippen LogP contribution < -0.4 is 4.74 Å². The number of carbonyl (C=O) groups excluding carboxylic acids is 1. The Bertz CT molecular complexity index is 784. The Kier molecular flexibility index (Phi) is 6.26. The molecule has 0 fully saturated rings. The Balaban J connectivity index is 2.10. The Morgan fingerprint density at radius 3 is 2.77 bits per heavy atom. The van der Waals surface area contributed by atoms with E-state index in [-0.39, 0.29) is 12.4 Å². The van der Waals surface area contributed by atoms with Crippen LogP contribution in [0.15, 0.2) is 48.7 Å². The molecule has 0 spiro atoms. The summed E-state index contributed by atoms with van der Waals surface area (Å²) in [4.78, 5) is 11.4. The van der Waals surface area contributed by atoms with Crippen LogP contribution in [0.4, 0.5) is 13.2 Å². The van der Waals surface area contributed by atoms with E-state index in [4.69, 9.17) is 4.74 Å². The van der Waals surface area contributed by atoms with Crippen LogP contribution in [0.25, 0.3) is 0 Å². The van der Waals surface area contributed by atoms with Gasteiger partial charge in [0, 0.05) is 6.20 Å². The van der Waals surface area contributed by atoms with E-state index >= 15 is 0 Å². The largest absolute Gasteiger partial charge is 0.487 e. The quantitative estimate of drug-likeness (QED) is 0.551. The maximum absolute atomic E-state index is 12.8. The summed E-state index contributed by atoms with van der Waals surface area (Å²) in [5.74, 6) is -1.50. The first-order chi connectivity index (χ1) is 12.3. The van der Waals surface area contributed by atoms with Gasteiger partial charge in [-0.05, 0) is 24.6 Å². The second-order valence-electron chi connectivity index (χ2n) is 5.10. The van der Waals surface area contributed by atoms with Gasteiger partial charge < -0.3 is 14.2 Å². The van der Waals surface area contributed by atoms with Crippen LogP contribution in [0.2, 0.25) is 0 Å².